The lowest BCUT2D eigenvalue weighted by Crippen LogP contribution is -2.40. The first-order valence-corrected chi connectivity index (χ1v) is 16.8. The standard InChI is InChI=1S/C39H36N2O7/c42-35-31-18-17-29-33-30-19-20-32(34(31)33)40(35)21-9-1-3-11-23-47-38(45)27-15-7-5-13-25(27)26-14-6-8-16-28(26)39(46)48-24-12-4-2-10-22-41(36(29)43)37(30)44/h5-8,13-20H,1-4,9-12,21-24H2. The zero-order chi connectivity index (χ0) is 33.2. The number of nitrogens with zero attached hydrogens (tertiary/aromatic N) is 2. The van der Waals surface area contributed by atoms with E-state index in [1.54, 1.807) is 59.5 Å². The predicted molar refractivity (Wildman–Crippen MR) is 180 cm³/mol. The lowest BCUT2D eigenvalue weighted by atomic mass is 9.91. The van der Waals surface area contributed by atoms with Gasteiger partial charge in [-0.05, 0) is 86.1 Å². The minimum absolute atomic E-state index is 0.121. The van der Waals surface area contributed by atoms with Crippen molar-refractivity contribution in [2.45, 2.75) is 51.4 Å². The molecular weight excluding hydrogens is 608 g/mol. The zero-order valence-electron chi connectivity index (χ0n) is 26.7. The molecule has 0 N–H and O–H groups in total. The summed E-state index contributed by atoms with van der Waals surface area (Å²) >= 11 is 0. The molecule has 9 rings (SSSR count). The van der Waals surface area contributed by atoms with Crippen molar-refractivity contribution in [3.63, 3.8) is 0 Å². The largest absolute Gasteiger partial charge is 0.462 e. The minimum Gasteiger partial charge on any atom is -0.462 e. The van der Waals surface area contributed by atoms with Crippen molar-refractivity contribution in [3.05, 3.63) is 101 Å². The Balaban J connectivity index is 1.12. The second-order valence-corrected chi connectivity index (χ2v) is 12.5. The topological polar surface area (TPSA) is 110 Å². The molecule has 9 nitrogen and oxygen atoms in total. The first kappa shape index (κ1) is 31.3. The van der Waals surface area contributed by atoms with Crippen molar-refractivity contribution < 1.29 is 33.4 Å². The van der Waals surface area contributed by atoms with E-state index in [-0.39, 0.29) is 37.5 Å². The molecule has 0 fully saturated rings. The number of carbonyl (C=O) groups is 5. The summed E-state index contributed by atoms with van der Waals surface area (Å²) in [4.78, 5) is 70.0. The molecule has 0 aliphatic carbocycles. The summed E-state index contributed by atoms with van der Waals surface area (Å²) in [6, 6.07) is 21.1. The van der Waals surface area contributed by atoms with Crippen LogP contribution in [-0.2, 0) is 9.47 Å². The third-order valence-corrected chi connectivity index (χ3v) is 9.46. The summed E-state index contributed by atoms with van der Waals surface area (Å²) in [7, 11) is 0. The van der Waals surface area contributed by atoms with Gasteiger partial charge in [-0.3, -0.25) is 19.3 Å². The number of carbonyl (C=O) groups excluding carboxylic acids is 5. The van der Waals surface area contributed by atoms with Crippen LogP contribution in [-0.4, -0.2) is 60.9 Å². The molecule has 4 aromatic carbocycles. The maximum Gasteiger partial charge on any atom is 0.338 e. The summed E-state index contributed by atoms with van der Waals surface area (Å²) in [5, 5.41) is 1.24. The second-order valence-electron chi connectivity index (χ2n) is 12.5. The maximum atomic E-state index is 13.6. The average Bonchev–Trinajstić information content (AvgIpc) is 3.39. The molecule has 5 aliphatic rings. The number of imide groups is 1. The van der Waals surface area contributed by atoms with E-state index in [1.807, 2.05) is 18.2 Å². The van der Waals surface area contributed by atoms with E-state index < -0.39 is 11.9 Å². The van der Waals surface area contributed by atoms with Crippen LogP contribution in [0.4, 0.5) is 5.69 Å². The Morgan fingerprint density at radius 1 is 0.396 bits per heavy atom. The van der Waals surface area contributed by atoms with Crippen LogP contribution in [0.2, 0.25) is 0 Å². The van der Waals surface area contributed by atoms with Crippen LogP contribution < -0.4 is 4.90 Å². The molecule has 0 unspecified atom stereocenters. The third kappa shape index (κ3) is 5.63. The van der Waals surface area contributed by atoms with Crippen molar-refractivity contribution in [1.29, 1.82) is 0 Å². The van der Waals surface area contributed by atoms with Gasteiger partial charge < -0.3 is 14.4 Å². The van der Waals surface area contributed by atoms with Crippen LogP contribution in [0.5, 0.6) is 0 Å². The predicted octanol–water partition coefficient (Wildman–Crippen LogP) is 7.21. The van der Waals surface area contributed by atoms with Crippen LogP contribution in [0.3, 0.4) is 0 Å². The van der Waals surface area contributed by atoms with Crippen LogP contribution >= 0.6 is 0 Å². The second kappa shape index (κ2) is 13.4. The van der Waals surface area contributed by atoms with Crippen molar-refractivity contribution >= 4 is 46.1 Å². The molecule has 7 bridgehead atoms. The SMILES string of the molecule is O=C1OCCCCCCN2C(=O)c3ccc4c5c(ccc(c35)C2=O)N(CCCCCCOC(=O)c2ccccc2-c2ccccc21)C4=O. The molecule has 0 saturated carbocycles. The average molecular weight is 645 g/mol. The van der Waals surface area contributed by atoms with Gasteiger partial charge in [0.15, 0.2) is 0 Å². The van der Waals surface area contributed by atoms with Crippen LogP contribution in [0.15, 0.2) is 72.8 Å². The molecule has 0 spiro atoms. The molecule has 5 heterocycles. The lowest BCUT2D eigenvalue weighted by Gasteiger charge is -2.27. The Morgan fingerprint density at radius 3 is 1.35 bits per heavy atom. The Labute approximate surface area is 278 Å². The minimum atomic E-state index is -0.469. The molecule has 0 aromatic heterocycles. The summed E-state index contributed by atoms with van der Waals surface area (Å²) in [5.74, 6) is -1.72. The number of amides is 3. The van der Waals surface area contributed by atoms with E-state index in [2.05, 4.69) is 0 Å². The van der Waals surface area contributed by atoms with Gasteiger partial charge in [-0.25, -0.2) is 9.59 Å². The highest BCUT2D eigenvalue weighted by Gasteiger charge is 2.38. The van der Waals surface area contributed by atoms with Crippen molar-refractivity contribution in [2.24, 2.45) is 0 Å². The fourth-order valence-electron chi connectivity index (χ4n) is 7.03. The fraction of sp³-hybridized carbons (Fsp3) is 0.308. The van der Waals surface area contributed by atoms with E-state index in [4.69, 9.17) is 9.47 Å². The van der Waals surface area contributed by atoms with Gasteiger partial charge in [-0.2, -0.15) is 0 Å². The molecule has 5 aliphatic heterocycles. The van der Waals surface area contributed by atoms with Gasteiger partial charge in [-0.1, -0.05) is 49.2 Å². The lowest BCUT2D eigenvalue weighted by molar-refractivity contribution is 0.0486. The van der Waals surface area contributed by atoms with Gasteiger partial charge in [-0.15, -0.1) is 0 Å². The molecular formula is C39H36N2O7. The van der Waals surface area contributed by atoms with E-state index in [0.717, 1.165) is 37.8 Å². The number of hydrogen-bond donors (Lipinski definition) is 0. The Kier molecular flexibility index (Phi) is 8.76. The smallest absolute Gasteiger partial charge is 0.338 e. The third-order valence-electron chi connectivity index (χ3n) is 9.46. The summed E-state index contributed by atoms with van der Waals surface area (Å²) in [6.07, 6.45) is 5.75. The normalized spacial score (nSPS) is 17.9. The number of rotatable bonds is 0. The number of fused-ring (bicyclic) bond motifs is 1. The monoisotopic (exact) mass is 644 g/mol. The van der Waals surface area contributed by atoms with E-state index in [1.165, 1.54) is 4.90 Å². The van der Waals surface area contributed by atoms with E-state index >= 15 is 0 Å². The van der Waals surface area contributed by atoms with Crippen molar-refractivity contribution in [2.75, 3.05) is 31.2 Å². The fourth-order valence-corrected chi connectivity index (χ4v) is 7.03. The summed E-state index contributed by atoms with van der Waals surface area (Å²) in [6.45, 7) is 1.24. The first-order chi connectivity index (χ1) is 23.5. The maximum absolute atomic E-state index is 13.6. The van der Waals surface area contributed by atoms with Crippen molar-refractivity contribution in [1.82, 2.24) is 4.90 Å². The molecule has 0 atom stereocenters. The van der Waals surface area contributed by atoms with Crippen molar-refractivity contribution in [3.8, 4) is 11.1 Å². The van der Waals surface area contributed by atoms with Gasteiger partial charge in [0.1, 0.15) is 0 Å². The molecule has 9 heteroatoms. The van der Waals surface area contributed by atoms with Gasteiger partial charge in [0.05, 0.1) is 30.0 Å². The molecule has 48 heavy (non-hydrogen) atoms. The molecule has 0 radical (unpaired) electrons. The Morgan fingerprint density at radius 2 is 0.812 bits per heavy atom. The number of esters is 2. The first-order valence-electron chi connectivity index (χ1n) is 16.8. The number of ether oxygens (including phenoxy) is 2. The van der Waals surface area contributed by atoms with Gasteiger partial charge >= 0.3 is 11.9 Å². The van der Waals surface area contributed by atoms with E-state index in [0.29, 0.717) is 75.5 Å². The molecule has 3 amide bonds. The molecule has 0 saturated heterocycles. The Bertz CT molecular complexity index is 1940. The molecule has 244 valence electrons. The number of anilines is 1. The number of benzene rings is 4. The van der Waals surface area contributed by atoms with Crippen LogP contribution in [0.25, 0.3) is 21.9 Å². The molecule has 4 aromatic rings. The highest BCUT2D eigenvalue weighted by Crippen LogP contribution is 2.43. The van der Waals surface area contributed by atoms with Gasteiger partial charge in [0.2, 0.25) is 0 Å². The van der Waals surface area contributed by atoms with E-state index in [9.17, 15) is 24.0 Å². The Hall–Kier alpha value is -5.31. The number of hydrogen-bond acceptors (Lipinski definition) is 7. The highest BCUT2D eigenvalue weighted by atomic mass is 16.5. The van der Waals surface area contributed by atoms with Gasteiger partial charge in [0, 0.05) is 40.6 Å². The quantitative estimate of drug-likeness (QED) is 0.147. The summed E-state index contributed by atoms with van der Waals surface area (Å²) in [5.41, 5.74) is 4.09. The highest BCUT2D eigenvalue weighted by molar-refractivity contribution is 6.33. The van der Waals surface area contributed by atoms with Crippen LogP contribution in [0, 0.1) is 0 Å². The summed E-state index contributed by atoms with van der Waals surface area (Å²) < 4.78 is 11.3. The zero-order valence-corrected chi connectivity index (χ0v) is 26.7. The van der Waals surface area contributed by atoms with Gasteiger partial charge in [0.25, 0.3) is 17.7 Å². The van der Waals surface area contributed by atoms with Crippen LogP contribution in [0.1, 0.15) is 103 Å².